The van der Waals surface area contributed by atoms with Crippen LogP contribution >= 0.6 is 11.6 Å². The van der Waals surface area contributed by atoms with E-state index in [0.717, 1.165) is 22.2 Å². The van der Waals surface area contributed by atoms with E-state index < -0.39 is 45.8 Å². The first-order valence-electron chi connectivity index (χ1n) is 14.7. The Morgan fingerprint density at radius 3 is 2.45 bits per heavy atom. The van der Waals surface area contributed by atoms with Crippen molar-refractivity contribution in [2.45, 2.75) is 39.4 Å². The van der Waals surface area contributed by atoms with Gasteiger partial charge in [0.1, 0.15) is 12.2 Å². The number of sulfonamides is 1. The summed E-state index contributed by atoms with van der Waals surface area (Å²) in [6, 6.07) is 1.82. The number of nitrogens with one attached hydrogen (secondary N) is 2. The molecule has 4 heterocycles. The van der Waals surface area contributed by atoms with E-state index in [1.54, 1.807) is 17.9 Å². The molecule has 5 rings (SSSR count). The Balaban J connectivity index is 1.50. The van der Waals surface area contributed by atoms with Crippen molar-refractivity contribution >= 4 is 56.3 Å². The van der Waals surface area contributed by atoms with E-state index >= 15 is 0 Å². The first-order chi connectivity index (χ1) is 22.2. The van der Waals surface area contributed by atoms with Crippen molar-refractivity contribution in [1.82, 2.24) is 28.8 Å². The smallest absolute Gasteiger partial charge is 0.377 e. The van der Waals surface area contributed by atoms with Crippen LogP contribution in [0.5, 0.6) is 0 Å². The number of ether oxygens (including phenoxy) is 1. The van der Waals surface area contributed by atoms with E-state index in [0.29, 0.717) is 31.4 Å². The largest absolute Gasteiger partial charge is 0.416 e. The van der Waals surface area contributed by atoms with Crippen LogP contribution in [0.25, 0.3) is 11.4 Å². The van der Waals surface area contributed by atoms with E-state index in [-0.39, 0.29) is 66.4 Å². The summed E-state index contributed by atoms with van der Waals surface area (Å²) < 4.78 is 73.2. The Kier molecular flexibility index (Phi) is 9.83. The number of piperazine rings is 1. The number of hydrogen-bond donors (Lipinski definition) is 2. The fourth-order valence-electron chi connectivity index (χ4n) is 5.32. The fraction of sp³-hybridized carbons (Fsp3) is 0.464. The summed E-state index contributed by atoms with van der Waals surface area (Å²) >= 11 is 6.07. The van der Waals surface area contributed by atoms with Gasteiger partial charge in [0, 0.05) is 26.2 Å². The number of halogens is 4. The molecule has 2 aromatic heterocycles. The number of fused-ring (bicyclic) bond motifs is 1. The summed E-state index contributed by atoms with van der Waals surface area (Å²) in [6.45, 7) is 4.13. The van der Waals surface area contributed by atoms with Gasteiger partial charge in [-0.15, -0.1) is 5.10 Å². The zero-order chi connectivity index (χ0) is 34.1. The summed E-state index contributed by atoms with van der Waals surface area (Å²) in [5.41, 5.74) is -0.0932. The molecule has 2 N–H and O–H groups in total. The number of urea groups is 1. The first-order valence-corrected chi connectivity index (χ1v) is 16.8. The molecule has 0 spiro atoms. The highest BCUT2D eigenvalue weighted by molar-refractivity contribution is 7.90. The van der Waals surface area contributed by atoms with Crippen molar-refractivity contribution in [3.8, 4) is 0 Å². The molecule has 1 aromatic carbocycles. The fourth-order valence-corrected chi connectivity index (χ4v) is 6.09. The molecule has 47 heavy (non-hydrogen) atoms. The molecule has 0 unspecified atom stereocenters. The van der Waals surface area contributed by atoms with Gasteiger partial charge in [-0.25, -0.2) is 17.9 Å². The van der Waals surface area contributed by atoms with Gasteiger partial charge in [-0.3, -0.25) is 9.59 Å². The number of rotatable bonds is 8. The van der Waals surface area contributed by atoms with Gasteiger partial charge in [0.05, 0.1) is 40.9 Å². The molecule has 0 saturated carbocycles. The standard InChI is InChI=1S/C28H32ClF3N8O6S/c1-3-21-23(37-9-11-38(12-10-37)27(43)36-47(44,45)4-2)25(42)40-26(34-24(35-40)17-7-13-46-14-8-17)39(21)16-22(41)33-20-6-5-18(15-19(20)29)28(30,31)32/h5-7,15H,3-4,8-14,16H2,1-2H3,(H,33,41)(H,36,43). The van der Waals surface area contributed by atoms with E-state index in [1.807, 2.05) is 4.72 Å². The van der Waals surface area contributed by atoms with Crippen molar-refractivity contribution in [3.63, 3.8) is 0 Å². The lowest BCUT2D eigenvalue weighted by Crippen LogP contribution is -2.54. The number of carbonyl (C=O) groups excluding carboxylic acids is 2. The number of benzene rings is 1. The number of aromatic nitrogens is 4. The van der Waals surface area contributed by atoms with Crippen molar-refractivity contribution in [3.05, 3.63) is 56.7 Å². The minimum absolute atomic E-state index is 0.0333. The van der Waals surface area contributed by atoms with E-state index in [2.05, 4.69) is 15.4 Å². The van der Waals surface area contributed by atoms with Crippen LogP contribution in [0.15, 0.2) is 29.1 Å². The Labute approximate surface area is 272 Å². The van der Waals surface area contributed by atoms with E-state index in [9.17, 15) is 36.0 Å². The molecule has 3 amide bonds. The minimum atomic E-state index is -4.62. The number of alkyl halides is 3. The third-order valence-corrected chi connectivity index (χ3v) is 9.35. The van der Waals surface area contributed by atoms with E-state index in [1.165, 1.54) is 16.4 Å². The lowest BCUT2D eigenvalue weighted by atomic mass is 10.1. The summed E-state index contributed by atoms with van der Waals surface area (Å²) in [6.07, 6.45) is -2.04. The maximum atomic E-state index is 14.0. The number of carbonyl (C=O) groups is 2. The highest BCUT2D eigenvalue weighted by Crippen LogP contribution is 2.34. The van der Waals surface area contributed by atoms with E-state index in [4.69, 9.17) is 16.3 Å². The van der Waals surface area contributed by atoms with Gasteiger partial charge in [0.15, 0.2) is 5.82 Å². The normalized spacial score (nSPS) is 15.9. The third-order valence-electron chi connectivity index (χ3n) is 7.79. The second kappa shape index (κ2) is 13.5. The zero-order valence-corrected chi connectivity index (χ0v) is 27.0. The molecule has 19 heteroatoms. The number of hydrogen-bond acceptors (Lipinski definition) is 9. The molecule has 0 aliphatic carbocycles. The molecule has 2 aliphatic rings. The third kappa shape index (κ3) is 7.38. The number of nitrogens with zero attached hydrogens (tertiary/aromatic N) is 6. The van der Waals surface area contributed by atoms with Crippen molar-refractivity contribution in [2.75, 3.05) is 55.4 Å². The second-order valence-corrected chi connectivity index (χ2v) is 13.2. The van der Waals surface area contributed by atoms with Gasteiger partial charge in [-0.1, -0.05) is 24.6 Å². The van der Waals surface area contributed by atoms with Gasteiger partial charge in [0.2, 0.25) is 21.7 Å². The van der Waals surface area contributed by atoms with Crippen LogP contribution in [0.1, 0.15) is 37.4 Å². The van der Waals surface area contributed by atoms with Gasteiger partial charge in [-0.2, -0.15) is 22.7 Å². The molecule has 1 saturated heterocycles. The summed E-state index contributed by atoms with van der Waals surface area (Å²) in [7, 11) is -3.77. The minimum Gasteiger partial charge on any atom is -0.377 e. The lowest BCUT2D eigenvalue weighted by molar-refractivity contribution is -0.137. The Morgan fingerprint density at radius 2 is 1.85 bits per heavy atom. The second-order valence-electron chi connectivity index (χ2n) is 10.8. The monoisotopic (exact) mass is 700 g/mol. The van der Waals surface area contributed by atoms with Crippen molar-refractivity contribution < 1.29 is 35.9 Å². The summed E-state index contributed by atoms with van der Waals surface area (Å²) in [5.74, 6) is -0.551. The van der Waals surface area contributed by atoms with Crippen LogP contribution in [0.3, 0.4) is 0 Å². The maximum Gasteiger partial charge on any atom is 0.416 e. The van der Waals surface area contributed by atoms with Crippen LogP contribution < -0.4 is 20.5 Å². The highest BCUT2D eigenvalue weighted by atomic mass is 35.5. The molecule has 1 fully saturated rings. The number of amides is 3. The molecular formula is C28H32ClF3N8O6S. The van der Waals surface area contributed by atoms with Crippen LogP contribution in [0.4, 0.5) is 29.3 Å². The number of anilines is 2. The van der Waals surface area contributed by atoms with Crippen LogP contribution in [-0.2, 0) is 38.7 Å². The molecule has 3 aromatic rings. The quantitative estimate of drug-likeness (QED) is 0.360. The zero-order valence-electron chi connectivity index (χ0n) is 25.4. The van der Waals surface area contributed by atoms with Crippen molar-refractivity contribution in [1.29, 1.82) is 0 Å². The van der Waals surface area contributed by atoms with Crippen LogP contribution in [-0.4, -0.2) is 89.6 Å². The topological polar surface area (TPSA) is 160 Å². The summed E-state index contributed by atoms with van der Waals surface area (Å²) in [4.78, 5) is 47.6. The molecular weight excluding hydrogens is 669 g/mol. The average Bonchev–Trinajstić information content (AvgIpc) is 3.49. The maximum absolute atomic E-state index is 14.0. The van der Waals surface area contributed by atoms with Gasteiger partial charge in [-0.05, 0) is 43.5 Å². The Morgan fingerprint density at radius 1 is 1.13 bits per heavy atom. The first kappa shape index (κ1) is 34.2. The van der Waals surface area contributed by atoms with Crippen LogP contribution in [0.2, 0.25) is 5.02 Å². The van der Waals surface area contributed by atoms with Gasteiger partial charge >= 0.3 is 12.2 Å². The molecule has 2 aliphatic heterocycles. The molecule has 0 bridgehead atoms. The predicted octanol–water partition coefficient (Wildman–Crippen LogP) is 2.75. The Hall–Kier alpha value is -4.16. The molecule has 14 nitrogen and oxygen atoms in total. The average molecular weight is 701 g/mol. The lowest BCUT2D eigenvalue weighted by Gasteiger charge is -2.36. The molecule has 0 radical (unpaired) electrons. The van der Waals surface area contributed by atoms with Crippen molar-refractivity contribution in [2.24, 2.45) is 0 Å². The predicted molar refractivity (Wildman–Crippen MR) is 167 cm³/mol. The highest BCUT2D eigenvalue weighted by Gasteiger charge is 2.32. The van der Waals surface area contributed by atoms with Gasteiger partial charge < -0.3 is 24.4 Å². The summed E-state index contributed by atoms with van der Waals surface area (Å²) in [5, 5.41) is 6.72. The van der Waals surface area contributed by atoms with Crippen LogP contribution in [0, 0.1) is 0 Å². The Bertz CT molecular complexity index is 1900. The molecule has 0 atom stereocenters. The SMILES string of the molecule is CCc1c(N2CCN(C(=O)NS(=O)(=O)CC)CC2)c(=O)n2nc(C3=CCOCC3)nc2n1CC(=O)Nc1ccc(C(F)(F)F)cc1Cl. The molecule has 254 valence electrons. The van der Waals surface area contributed by atoms with Gasteiger partial charge in [0.25, 0.3) is 5.56 Å².